The average Bonchev–Trinajstić information content (AvgIpc) is 2.44. The van der Waals surface area contributed by atoms with E-state index < -0.39 is 62.4 Å². The molecular weight excluding hydrogens is 391 g/mol. The monoisotopic (exact) mass is 399 g/mol. The SMILES string of the molecule is O=C(N1CCOCC1)[C@](F)(OC(F)(F)C(F)(F)C(F)(F)F)C(F)(F)F. The molecular formula is C10H8F11NO3. The van der Waals surface area contributed by atoms with Crippen LogP contribution in [0.15, 0.2) is 0 Å². The summed E-state index contributed by atoms with van der Waals surface area (Å²) in [6.07, 6.45) is -20.8. The first-order valence-electron chi connectivity index (χ1n) is 6.12. The van der Waals surface area contributed by atoms with E-state index in [1.165, 1.54) is 0 Å². The topological polar surface area (TPSA) is 38.8 Å². The van der Waals surface area contributed by atoms with Crippen molar-refractivity contribution in [1.82, 2.24) is 4.90 Å². The molecule has 0 saturated carbocycles. The Morgan fingerprint density at radius 2 is 1.24 bits per heavy atom. The smallest absolute Gasteiger partial charge is 0.378 e. The number of rotatable bonds is 4. The summed E-state index contributed by atoms with van der Waals surface area (Å²) in [6, 6.07) is 0. The molecule has 0 spiro atoms. The van der Waals surface area contributed by atoms with E-state index in [-0.39, 0.29) is 4.90 Å². The minimum absolute atomic E-state index is 0.0567. The van der Waals surface area contributed by atoms with Gasteiger partial charge in [-0.05, 0) is 0 Å². The van der Waals surface area contributed by atoms with Crippen molar-refractivity contribution in [3.8, 4) is 0 Å². The highest BCUT2D eigenvalue weighted by Gasteiger charge is 2.79. The van der Waals surface area contributed by atoms with E-state index in [2.05, 4.69) is 9.47 Å². The highest BCUT2D eigenvalue weighted by molar-refractivity contribution is 5.84. The van der Waals surface area contributed by atoms with Crippen molar-refractivity contribution in [2.45, 2.75) is 30.2 Å². The second kappa shape index (κ2) is 6.41. The molecule has 148 valence electrons. The maximum absolute atomic E-state index is 13.9. The van der Waals surface area contributed by atoms with Crippen LogP contribution in [0.25, 0.3) is 0 Å². The van der Waals surface area contributed by atoms with Crippen LogP contribution in [0.3, 0.4) is 0 Å². The first-order chi connectivity index (χ1) is 11.0. The lowest BCUT2D eigenvalue weighted by molar-refractivity contribution is -0.473. The number of ether oxygens (including phenoxy) is 2. The number of alkyl halides is 11. The summed E-state index contributed by atoms with van der Waals surface area (Å²) in [5.41, 5.74) is 0. The van der Waals surface area contributed by atoms with Crippen LogP contribution in [-0.4, -0.2) is 67.3 Å². The van der Waals surface area contributed by atoms with Crippen molar-refractivity contribution in [2.75, 3.05) is 26.3 Å². The fraction of sp³-hybridized carbons (Fsp3) is 0.900. The van der Waals surface area contributed by atoms with Crippen LogP contribution in [-0.2, 0) is 14.3 Å². The van der Waals surface area contributed by atoms with Gasteiger partial charge < -0.3 is 9.64 Å². The van der Waals surface area contributed by atoms with Crippen LogP contribution in [0.5, 0.6) is 0 Å². The lowest BCUT2D eigenvalue weighted by Crippen LogP contribution is -2.64. The van der Waals surface area contributed by atoms with Crippen molar-refractivity contribution < 1.29 is 62.6 Å². The number of amides is 1. The molecule has 1 heterocycles. The number of hydrogen-bond donors (Lipinski definition) is 0. The summed E-state index contributed by atoms with van der Waals surface area (Å²) in [5.74, 6) is -16.2. The van der Waals surface area contributed by atoms with Crippen LogP contribution in [0, 0.1) is 0 Å². The third kappa shape index (κ3) is 3.91. The summed E-state index contributed by atoms with van der Waals surface area (Å²) in [7, 11) is 0. The maximum Gasteiger partial charge on any atom is 0.462 e. The number of carbonyl (C=O) groups is 1. The van der Waals surface area contributed by atoms with E-state index in [9.17, 15) is 53.1 Å². The molecule has 1 saturated heterocycles. The van der Waals surface area contributed by atoms with Gasteiger partial charge in [0.1, 0.15) is 0 Å². The Bertz CT molecular complexity index is 497. The van der Waals surface area contributed by atoms with Gasteiger partial charge in [0.2, 0.25) is 0 Å². The fourth-order valence-electron chi connectivity index (χ4n) is 1.60. The molecule has 0 N–H and O–H groups in total. The Morgan fingerprint density at radius 3 is 1.60 bits per heavy atom. The largest absolute Gasteiger partial charge is 0.462 e. The van der Waals surface area contributed by atoms with E-state index >= 15 is 0 Å². The molecule has 15 heteroatoms. The van der Waals surface area contributed by atoms with E-state index in [1.54, 1.807) is 0 Å². The van der Waals surface area contributed by atoms with Crippen molar-refractivity contribution in [2.24, 2.45) is 0 Å². The molecule has 0 unspecified atom stereocenters. The van der Waals surface area contributed by atoms with Gasteiger partial charge in [0.05, 0.1) is 13.2 Å². The van der Waals surface area contributed by atoms with Gasteiger partial charge in [-0.25, -0.2) is 0 Å². The Balaban J connectivity index is 3.25. The number of hydrogen-bond acceptors (Lipinski definition) is 3. The van der Waals surface area contributed by atoms with Crippen molar-refractivity contribution >= 4 is 5.91 Å². The zero-order chi connectivity index (χ0) is 19.9. The van der Waals surface area contributed by atoms with Crippen LogP contribution in [0.4, 0.5) is 48.3 Å². The molecule has 1 fully saturated rings. The van der Waals surface area contributed by atoms with Gasteiger partial charge in [0, 0.05) is 13.1 Å². The van der Waals surface area contributed by atoms with Gasteiger partial charge in [-0.3, -0.25) is 9.53 Å². The lowest BCUT2D eigenvalue weighted by Gasteiger charge is -2.37. The van der Waals surface area contributed by atoms with Gasteiger partial charge in [-0.1, -0.05) is 0 Å². The van der Waals surface area contributed by atoms with Crippen molar-refractivity contribution in [3.63, 3.8) is 0 Å². The van der Waals surface area contributed by atoms with E-state index in [0.29, 0.717) is 0 Å². The lowest BCUT2D eigenvalue weighted by atomic mass is 10.2. The second-order valence-electron chi connectivity index (χ2n) is 4.69. The summed E-state index contributed by atoms with van der Waals surface area (Å²) >= 11 is 0. The summed E-state index contributed by atoms with van der Waals surface area (Å²) in [6.45, 7) is -2.42. The molecule has 0 bridgehead atoms. The fourth-order valence-corrected chi connectivity index (χ4v) is 1.60. The molecule has 0 aromatic carbocycles. The number of nitrogens with zero attached hydrogens (tertiary/aromatic N) is 1. The van der Waals surface area contributed by atoms with Gasteiger partial charge in [0.25, 0.3) is 5.91 Å². The van der Waals surface area contributed by atoms with Crippen molar-refractivity contribution in [3.05, 3.63) is 0 Å². The predicted octanol–water partition coefficient (Wildman–Crippen LogP) is 2.88. The van der Waals surface area contributed by atoms with Gasteiger partial charge in [-0.15, -0.1) is 0 Å². The molecule has 0 aliphatic carbocycles. The van der Waals surface area contributed by atoms with E-state index in [1.807, 2.05) is 0 Å². The Labute approximate surface area is 131 Å². The molecule has 4 nitrogen and oxygen atoms in total. The summed E-state index contributed by atoms with van der Waals surface area (Å²) in [5, 5.41) is 0. The van der Waals surface area contributed by atoms with E-state index in [4.69, 9.17) is 0 Å². The molecule has 1 aliphatic rings. The van der Waals surface area contributed by atoms with Crippen LogP contribution >= 0.6 is 0 Å². The number of carbonyl (C=O) groups excluding carboxylic acids is 1. The molecule has 0 aromatic heterocycles. The molecule has 1 atom stereocenters. The minimum atomic E-state index is -7.20. The Hall–Kier alpha value is -1.38. The zero-order valence-corrected chi connectivity index (χ0v) is 11.7. The predicted molar refractivity (Wildman–Crippen MR) is 54.3 cm³/mol. The first-order valence-corrected chi connectivity index (χ1v) is 6.12. The minimum Gasteiger partial charge on any atom is -0.378 e. The highest BCUT2D eigenvalue weighted by atomic mass is 19.4. The normalized spacial score (nSPS) is 20.4. The quantitative estimate of drug-likeness (QED) is 0.683. The van der Waals surface area contributed by atoms with Crippen LogP contribution < -0.4 is 0 Å². The second-order valence-corrected chi connectivity index (χ2v) is 4.69. The molecule has 0 radical (unpaired) electrons. The summed E-state index contributed by atoms with van der Waals surface area (Å²) in [4.78, 5) is 11.5. The number of morpholine rings is 1. The molecule has 1 aliphatic heterocycles. The molecule has 0 aromatic rings. The zero-order valence-electron chi connectivity index (χ0n) is 11.7. The third-order valence-corrected chi connectivity index (χ3v) is 2.93. The molecule has 1 rings (SSSR count). The van der Waals surface area contributed by atoms with Gasteiger partial charge in [-0.2, -0.15) is 48.3 Å². The maximum atomic E-state index is 13.9. The van der Waals surface area contributed by atoms with Gasteiger partial charge >= 0.3 is 30.2 Å². The Morgan fingerprint density at radius 1 is 0.800 bits per heavy atom. The third-order valence-electron chi connectivity index (χ3n) is 2.93. The van der Waals surface area contributed by atoms with Crippen LogP contribution in [0.2, 0.25) is 0 Å². The van der Waals surface area contributed by atoms with Crippen molar-refractivity contribution in [1.29, 1.82) is 0 Å². The average molecular weight is 399 g/mol. The molecule has 1 amide bonds. The first kappa shape index (κ1) is 21.7. The number of halogens is 11. The Kier molecular flexibility index (Phi) is 5.55. The molecule has 25 heavy (non-hydrogen) atoms. The highest BCUT2D eigenvalue weighted by Crippen LogP contribution is 2.51. The summed E-state index contributed by atoms with van der Waals surface area (Å²) < 4.78 is 146. The standard InChI is InChI=1S/C10H8F11NO3/c11-6(8(14,15)16,5(23)22-1-3-24-4-2-22)25-10(20,21)7(12,13)9(17,18)19/h1-4H2/t6-/m0/s1. The van der Waals surface area contributed by atoms with Crippen LogP contribution in [0.1, 0.15) is 0 Å². The van der Waals surface area contributed by atoms with E-state index in [0.717, 1.165) is 0 Å². The van der Waals surface area contributed by atoms with Gasteiger partial charge in [0.15, 0.2) is 0 Å².